The Morgan fingerprint density at radius 2 is 2.25 bits per heavy atom. The van der Waals surface area contributed by atoms with Crippen molar-refractivity contribution in [2.24, 2.45) is 0 Å². The fourth-order valence-corrected chi connectivity index (χ4v) is 2.86. The molecular formula is C13H14N2O3S2. The molecule has 0 unspecified atom stereocenters. The van der Waals surface area contributed by atoms with E-state index in [1.165, 1.54) is 11.8 Å². The van der Waals surface area contributed by atoms with Gasteiger partial charge in [-0.1, -0.05) is 6.07 Å². The summed E-state index contributed by atoms with van der Waals surface area (Å²) in [4.78, 5) is 25.1. The van der Waals surface area contributed by atoms with Crippen LogP contribution in [0.2, 0.25) is 0 Å². The number of furan rings is 1. The highest BCUT2D eigenvalue weighted by molar-refractivity contribution is 8.00. The monoisotopic (exact) mass is 310 g/mol. The molecule has 0 spiro atoms. The van der Waals surface area contributed by atoms with Crippen LogP contribution in [0.15, 0.2) is 39.2 Å². The molecule has 0 aromatic carbocycles. The summed E-state index contributed by atoms with van der Waals surface area (Å²) in [5, 5.41) is 6.86. The summed E-state index contributed by atoms with van der Waals surface area (Å²) in [5.41, 5.74) is 0. The first kappa shape index (κ1) is 14.7. The number of nitrogens with one attached hydrogen (secondary N) is 2. The van der Waals surface area contributed by atoms with Crippen LogP contribution in [0.25, 0.3) is 0 Å². The number of amides is 3. The minimum Gasteiger partial charge on any atom is -0.468 e. The number of carbonyl (C=O) groups is 2. The number of thiophene rings is 1. The summed E-state index contributed by atoms with van der Waals surface area (Å²) in [6.07, 6.45) is 1.57. The first-order valence-corrected chi connectivity index (χ1v) is 7.78. The summed E-state index contributed by atoms with van der Waals surface area (Å²) in [5.74, 6) is 0.608. The second kappa shape index (κ2) is 7.16. The fourth-order valence-electron chi connectivity index (χ4n) is 1.45. The molecule has 0 radical (unpaired) electrons. The Balaban J connectivity index is 1.68. The zero-order chi connectivity index (χ0) is 14.4. The Hall–Kier alpha value is -1.73. The highest BCUT2D eigenvalue weighted by Crippen LogP contribution is 2.22. The summed E-state index contributed by atoms with van der Waals surface area (Å²) < 4.78 is 5.13. The first-order valence-electron chi connectivity index (χ1n) is 5.92. The maximum Gasteiger partial charge on any atom is 0.321 e. The van der Waals surface area contributed by atoms with E-state index >= 15 is 0 Å². The zero-order valence-corrected chi connectivity index (χ0v) is 12.5. The number of rotatable bonds is 5. The van der Waals surface area contributed by atoms with Gasteiger partial charge in [0, 0.05) is 9.77 Å². The van der Waals surface area contributed by atoms with E-state index < -0.39 is 6.03 Å². The van der Waals surface area contributed by atoms with Gasteiger partial charge in [-0.3, -0.25) is 10.1 Å². The Morgan fingerprint density at radius 1 is 1.40 bits per heavy atom. The van der Waals surface area contributed by atoms with Gasteiger partial charge in [0.25, 0.3) is 0 Å². The van der Waals surface area contributed by atoms with E-state index in [0.717, 1.165) is 15.5 Å². The number of hydrogen-bond acceptors (Lipinski definition) is 5. The zero-order valence-electron chi connectivity index (χ0n) is 10.8. The molecule has 0 aliphatic heterocycles. The van der Waals surface area contributed by atoms with Crippen LogP contribution in [0.3, 0.4) is 0 Å². The quantitative estimate of drug-likeness (QED) is 0.833. The van der Waals surface area contributed by atoms with Gasteiger partial charge in [0.15, 0.2) is 0 Å². The van der Waals surface area contributed by atoms with Crippen LogP contribution in [0.4, 0.5) is 4.79 Å². The molecular weight excluding hydrogens is 296 g/mol. The molecule has 0 aliphatic rings. The van der Waals surface area contributed by atoms with Gasteiger partial charge in [0.2, 0.25) is 5.91 Å². The molecule has 7 heteroatoms. The van der Waals surface area contributed by atoms with Crippen molar-refractivity contribution in [1.82, 2.24) is 10.6 Å². The lowest BCUT2D eigenvalue weighted by atomic mass is 10.5. The van der Waals surface area contributed by atoms with Crippen LogP contribution in [0.5, 0.6) is 0 Å². The van der Waals surface area contributed by atoms with Crippen LogP contribution in [0, 0.1) is 6.92 Å². The molecule has 0 saturated heterocycles. The van der Waals surface area contributed by atoms with Crippen molar-refractivity contribution in [3.8, 4) is 0 Å². The first-order chi connectivity index (χ1) is 9.65. The second-order valence-electron chi connectivity index (χ2n) is 3.94. The molecule has 106 valence electrons. The third-order valence-electron chi connectivity index (χ3n) is 2.43. The van der Waals surface area contributed by atoms with Crippen molar-refractivity contribution < 1.29 is 14.0 Å². The van der Waals surface area contributed by atoms with E-state index in [1.807, 2.05) is 24.4 Å². The van der Waals surface area contributed by atoms with Gasteiger partial charge in [-0.05, 0) is 24.4 Å². The lowest BCUT2D eigenvalue weighted by Crippen LogP contribution is -2.39. The van der Waals surface area contributed by atoms with Crippen LogP contribution < -0.4 is 10.6 Å². The van der Waals surface area contributed by atoms with Crippen molar-refractivity contribution in [2.75, 3.05) is 5.75 Å². The number of thioether (sulfide) groups is 1. The smallest absolute Gasteiger partial charge is 0.321 e. The van der Waals surface area contributed by atoms with E-state index in [0.29, 0.717) is 6.54 Å². The van der Waals surface area contributed by atoms with Crippen LogP contribution in [-0.2, 0) is 11.3 Å². The molecule has 2 heterocycles. The molecule has 2 N–H and O–H groups in total. The summed E-state index contributed by atoms with van der Waals surface area (Å²) in [6, 6.07) is 5.15. The molecule has 0 atom stereocenters. The highest BCUT2D eigenvalue weighted by Gasteiger charge is 2.10. The molecule has 2 rings (SSSR count). The SMILES string of the molecule is Cc1occc1SCC(=O)NC(=O)NCc1cccs1. The molecule has 0 aliphatic carbocycles. The van der Waals surface area contributed by atoms with Gasteiger partial charge in [0.05, 0.1) is 18.6 Å². The minimum atomic E-state index is -0.479. The average molecular weight is 310 g/mol. The summed E-state index contributed by atoms with van der Waals surface area (Å²) in [6.45, 7) is 2.25. The molecule has 5 nitrogen and oxygen atoms in total. The van der Waals surface area contributed by atoms with Crippen molar-refractivity contribution >= 4 is 35.0 Å². The predicted octanol–water partition coefficient (Wildman–Crippen LogP) is 2.77. The van der Waals surface area contributed by atoms with Gasteiger partial charge >= 0.3 is 6.03 Å². The largest absolute Gasteiger partial charge is 0.468 e. The van der Waals surface area contributed by atoms with Crippen molar-refractivity contribution in [1.29, 1.82) is 0 Å². The maximum atomic E-state index is 11.6. The van der Waals surface area contributed by atoms with Gasteiger partial charge in [-0.15, -0.1) is 23.1 Å². The van der Waals surface area contributed by atoms with Crippen LogP contribution >= 0.6 is 23.1 Å². The standard InChI is InChI=1S/C13H14N2O3S2/c1-9-11(4-5-18-9)20-8-12(16)15-13(17)14-7-10-3-2-6-19-10/h2-6H,7-8H2,1H3,(H2,14,15,16,17). The van der Waals surface area contributed by atoms with Crippen molar-refractivity contribution in [3.63, 3.8) is 0 Å². The fraction of sp³-hybridized carbons (Fsp3) is 0.231. The third-order valence-corrected chi connectivity index (χ3v) is 4.44. The number of urea groups is 1. The van der Waals surface area contributed by atoms with Gasteiger partial charge < -0.3 is 9.73 Å². The predicted molar refractivity (Wildman–Crippen MR) is 78.9 cm³/mol. The molecule has 2 aromatic rings. The third kappa shape index (κ3) is 4.43. The Morgan fingerprint density at radius 3 is 2.90 bits per heavy atom. The highest BCUT2D eigenvalue weighted by atomic mass is 32.2. The van der Waals surface area contributed by atoms with Crippen molar-refractivity contribution in [3.05, 3.63) is 40.5 Å². The summed E-state index contributed by atoms with van der Waals surface area (Å²) in [7, 11) is 0. The Bertz CT molecular complexity index is 578. The van der Waals surface area contributed by atoms with Gasteiger partial charge in [-0.25, -0.2) is 4.79 Å². The molecule has 0 fully saturated rings. The van der Waals surface area contributed by atoms with Crippen LogP contribution in [0.1, 0.15) is 10.6 Å². The number of aryl methyl sites for hydroxylation is 1. The van der Waals surface area contributed by atoms with Gasteiger partial charge in [-0.2, -0.15) is 0 Å². The van der Waals surface area contributed by atoms with Crippen LogP contribution in [-0.4, -0.2) is 17.7 Å². The normalized spacial score (nSPS) is 10.2. The van der Waals surface area contributed by atoms with E-state index in [2.05, 4.69) is 10.6 Å². The lowest BCUT2D eigenvalue weighted by Gasteiger charge is -2.05. The number of hydrogen-bond donors (Lipinski definition) is 2. The number of imide groups is 1. The lowest BCUT2D eigenvalue weighted by molar-refractivity contribution is -0.117. The van der Waals surface area contributed by atoms with E-state index in [4.69, 9.17) is 4.42 Å². The topological polar surface area (TPSA) is 71.3 Å². The van der Waals surface area contributed by atoms with E-state index in [9.17, 15) is 9.59 Å². The Labute approximate surface area is 124 Å². The number of carbonyl (C=O) groups excluding carboxylic acids is 2. The second-order valence-corrected chi connectivity index (χ2v) is 5.99. The molecule has 0 saturated carbocycles. The summed E-state index contributed by atoms with van der Waals surface area (Å²) >= 11 is 2.89. The molecule has 20 heavy (non-hydrogen) atoms. The van der Waals surface area contributed by atoms with E-state index in [-0.39, 0.29) is 11.7 Å². The molecule has 2 aromatic heterocycles. The van der Waals surface area contributed by atoms with Gasteiger partial charge in [0.1, 0.15) is 5.76 Å². The van der Waals surface area contributed by atoms with Crippen molar-refractivity contribution in [2.45, 2.75) is 18.4 Å². The molecule has 3 amide bonds. The molecule has 0 bridgehead atoms. The average Bonchev–Trinajstić information content (AvgIpc) is 3.05. The minimum absolute atomic E-state index is 0.173. The van der Waals surface area contributed by atoms with E-state index in [1.54, 1.807) is 23.7 Å². The Kier molecular flexibility index (Phi) is 5.25. The maximum absolute atomic E-state index is 11.6.